The lowest BCUT2D eigenvalue weighted by Gasteiger charge is -2.30. The van der Waals surface area contributed by atoms with Gasteiger partial charge in [-0.2, -0.15) is 8.78 Å². The molecule has 106 valence electrons. The van der Waals surface area contributed by atoms with E-state index in [4.69, 9.17) is 5.84 Å². The number of hydrazine groups is 1. The first-order valence-electron chi connectivity index (χ1n) is 6.71. The van der Waals surface area contributed by atoms with E-state index in [1.54, 1.807) is 24.3 Å². The van der Waals surface area contributed by atoms with E-state index in [-0.39, 0.29) is 11.8 Å². The molecule has 1 atom stereocenters. The second-order valence-electron chi connectivity index (χ2n) is 4.99. The van der Waals surface area contributed by atoms with Crippen molar-refractivity contribution >= 4 is 0 Å². The van der Waals surface area contributed by atoms with E-state index in [1.807, 2.05) is 0 Å². The number of hydrogen-bond donors (Lipinski definition) is 2. The third kappa shape index (κ3) is 3.88. The smallest absolute Gasteiger partial charge is 0.387 e. The van der Waals surface area contributed by atoms with Crippen molar-refractivity contribution in [3.05, 3.63) is 29.8 Å². The quantitative estimate of drug-likeness (QED) is 0.637. The summed E-state index contributed by atoms with van der Waals surface area (Å²) in [7, 11) is 0. The van der Waals surface area contributed by atoms with Gasteiger partial charge in [-0.15, -0.1) is 0 Å². The number of nitrogens with two attached hydrogens (primary N) is 1. The third-order valence-electron chi connectivity index (χ3n) is 3.77. The number of nitrogens with one attached hydrogen (secondary N) is 1. The van der Waals surface area contributed by atoms with E-state index in [1.165, 1.54) is 19.3 Å². The monoisotopic (exact) mass is 270 g/mol. The van der Waals surface area contributed by atoms with Crippen LogP contribution in [0.5, 0.6) is 5.75 Å². The zero-order chi connectivity index (χ0) is 13.7. The summed E-state index contributed by atoms with van der Waals surface area (Å²) in [4.78, 5) is 0. The fourth-order valence-electron chi connectivity index (χ4n) is 2.83. The molecule has 1 aliphatic carbocycles. The molecule has 0 aromatic heterocycles. The second-order valence-corrected chi connectivity index (χ2v) is 4.99. The highest BCUT2D eigenvalue weighted by atomic mass is 19.3. The molecule has 0 radical (unpaired) electrons. The van der Waals surface area contributed by atoms with Gasteiger partial charge in [0.25, 0.3) is 0 Å². The van der Waals surface area contributed by atoms with Crippen LogP contribution in [-0.2, 0) is 0 Å². The molecule has 0 saturated heterocycles. The van der Waals surface area contributed by atoms with E-state index in [2.05, 4.69) is 10.2 Å². The van der Waals surface area contributed by atoms with Crippen LogP contribution < -0.4 is 16.0 Å². The standard InChI is InChI=1S/C14H20F2N2O/c15-14(16)19-12-8-6-11(7-9-12)13(18-17)10-4-2-1-3-5-10/h6-10,13-14,18H,1-5,17H2. The van der Waals surface area contributed by atoms with Crippen LogP contribution in [-0.4, -0.2) is 6.61 Å². The third-order valence-corrected chi connectivity index (χ3v) is 3.77. The molecule has 5 heteroatoms. The summed E-state index contributed by atoms with van der Waals surface area (Å²) in [6, 6.07) is 6.82. The summed E-state index contributed by atoms with van der Waals surface area (Å²) in [6.45, 7) is -2.78. The molecule has 2 rings (SSSR count). The Morgan fingerprint density at radius 2 is 1.74 bits per heavy atom. The van der Waals surface area contributed by atoms with Gasteiger partial charge in [-0.25, -0.2) is 0 Å². The van der Waals surface area contributed by atoms with Crippen LogP contribution in [0.15, 0.2) is 24.3 Å². The Bertz CT molecular complexity index is 378. The average molecular weight is 270 g/mol. The van der Waals surface area contributed by atoms with Gasteiger partial charge >= 0.3 is 6.61 Å². The number of benzene rings is 1. The SMILES string of the molecule is NNC(c1ccc(OC(F)F)cc1)C1CCCCC1. The van der Waals surface area contributed by atoms with Gasteiger partial charge in [-0.1, -0.05) is 31.4 Å². The Labute approximate surface area is 112 Å². The molecular formula is C14H20F2N2O. The van der Waals surface area contributed by atoms with Crippen LogP contribution in [0.4, 0.5) is 8.78 Å². The lowest BCUT2D eigenvalue weighted by molar-refractivity contribution is -0.0498. The maximum Gasteiger partial charge on any atom is 0.387 e. The van der Waals surface area contributed by atoms with Gasteiger partial charge < -0.3 is 4.74 Å². The molecule has 1 aromatic carbocycles. The minimum absolute atomic E-state index is 0.0842. The second kappa shape index (κ2) is 6.82. The summed E-state index contributed by atoms with van der Waals surface area (Å²) < 4.78 is 28.5. The Morgan fingerprint density at radius 3 is 2.26 bits per heavy atom. The number of rotatable bonds is 5. The Kier molecular flexibility index (Phi) is 5.10. The molecule has 19 heavy (non-hydrogen) atoms. The summed E-state index contributed by atoms with van der Waals surface area (Å²) in [5.41, 5.74) is 3.88. The van der Waals surface area contributed by atoms with Gasteiger partial charge in [0.15, 0.2) is 0 Å². The molecule has 1 aliphatic rings. The van der Waals surface area contributed by atoms with Crippen LogP contribution in [0.25, 0.3) is 0 Å². The van der Waals surface area contributed by atoms with Crippen molar-refractivity contribution in [2.75, 3.05) is 0 Å². The molecule has 1 unspecified atom stereocenters. The molecule has 0 heterocycles. The minimum Gasteiger partial charge on any atom is -0.435 e. The zero-order valence-corrected chi connectivity index (χ0v) is 10.8. The van der Waals surface area contributed by atoms with Gasteiger partial charge in [0, 0.05) is 6.04 Å². The fraction of sp³-hybridized carbons (Fsp3) is 0.571. The lowest BCUT2D eigenvalue weighted by atomic mass is 9.81. The van der Waals surface area contributed by atoms with Crippen LogP contribution >= 0.6 is 0 Å². The number of alkyl halides is 2. The molecule has 3 nitrogen and oxygen atoms in total. The predicted octanol–water partition coefficient (Wildman–Crippen LogP) is 3.37. The lowest BCUT2D eigenvalue weighted by Crippen LogP contribution is -2.34. The fourth-order valence-corrected chi connectivity index (χ4v) is 2.83. The average Bonchev–Trinajstić information content (AvgIpc) is 2.42. The van der Waals surface area contributed by atoms with Crippen LogP contribution in [0.1, 0.15) is 43.7 Å². The number of ether oxygens (including phenoxy) is 1. The van der Waals surface area contributed by atoms with E-state index in [0.717, 1.165) is 18.4 Å². The normalized spacial score (nSPS) is 18.5. The molecule has 1 fully saturated rings. The molecular weight excluding hydrogens is 250 g/mol. The van der Waals surface area contributed by atoms with Crippen LogP contribution in [0, 0.1) is 5.92 Å². The van der Waals surface area contributed by atoms with Gasteiger partial charge in [0.2, 0.25) is 0 Å². The van der Waals surface area contributed by atoms with Crippen LogP contribution in [0.2, 0.25) is 0 Å². The molecule has 3 N–H and O–H groups in total. The number of hydrogen-bond acceptors (Lipinski definition) is 3. The Balaban J connectivity index is 2.05. The van der Waals surface area contributed by atoms with Crippen molar-refractivity contribution in [3.63, 3.8) is 0 Å². The highest BCUT2D eigenvalue weighted by molar-refractivity contribution is 5.29. The zero-order valence-electron chi connectivity index (χ0n) is 10.8. The van der Waals surface area contributed by atoms with E-state index >= 15 is 0 Å². The molecule has 1 saturated carbocycles. The van der Waals surface area contributed by atoms with Crippen molar-refractivity contribution in [1.29, 1.82) is 0 Å². The summed E-state index contributed by atoms with van der Waals surface area (Å²) in [5.74, 6) is 6.35. The predicted molar refractivity (Wildman–Crippen MR) is 69.7 cm³/mol. The summed E-state index contributed by atoms with van der Waals surface area (Å²) in [6.07, 6.45) is 6.06. The topological polar surface area (TPSA) is 47.3 Å². The largest absolute Gasteiger partial charge is 0.435 e. The van der Waals surface area contributed by atoms with Crippen molar-refractivity contribution in [1.82, 2.24) is 5.43 Å². The molecule has 0 amide bonds. The first-order valence-corrected chi connectivity index (χ1v) is 6.71. The first kappa shape index (κ1) is 14.2. The number of halogens is 2. The van der Waals surface area contributed by atoms with Crippen molar-refractivity contribution in [2.45, 2.75) is 44.8 Å². The highest BCUT2D eigenvalue weighted by Crippen LogP contribution is 2.34. The van der Waals surface area contributed by atoms with Crippen molar-refractivity contribution in [2.24, 2.45) is 11.8 Å². The minimum atomic E-state index is -2.78. The first-order chi connectivity index (χ1) is 9.20. The van der Waals surface area contributed by atoms with E-state index in [9.17, 15) is 8.78 Å². The molecule has 0 aliphatic heterocycles. The molecule has 0 spiro atoms. The summed E-state index contributed by atoms with van der Waals surface area (Å²) in [5, 5.41) is 0. The molecule has 1 aromatic rings. The van der Waals surface area contributed by atoms with Crippen molar-refractivity contribution in [3.8, 4) is 5.75 Å². The maximum absolute atomic E-state index is 12.1. The van der Waals surface area contributed by atoms with E-state index < -0.39 is 6.61 Å². The van der Waals surface area contributed by atoms with Gasteiger partial charge in [0.05, 0.1) is 0 Å². The Hall–Kier alpha value is -1.20. The highest BCUT2D eigenvalue weighted by Gasteiger charge is 2.24. The van der Waals surface area contributed by atoms with E-state index in [0.29, 0.717) is 5.92 Å². The molecule has 0 bridgehead atoms. The van der Waals surface area contributed by atoms with Gasteiger partial charge in [-0.3, -0.25) is 11.3 Å². The Morgan fingerprint density at radius 1 is 1.11 bits per heavy atom. The van der Waals surface area contributed by atoms with Crippen molar-refractivity contribution < 1.29 is 13.5 Å². The van der Waals surface area contributed by atoms with Gasteiger partial charge in [-0.05, 0) is 36.5 Å². The van der Waals surface area contributed by atoms with Crippen LogP contribution in [0.3, 0.4) is 0 Å². The maximum atomic E-state index is 12.1. The summed E-state index contributed by atoms with van der Waals surface area (Å²) >= 11 is 0. The van der Waals surface area contributed by atoms with Gasteiger partial charge in [0.1, 0.15) is 5.75 Å².